The van der Waals surface area contributed by atoms with Gasteiger partial charge in [-0.15, -0.1) is 0 Å². The third-order valence-electron chi connectivity index (χ3n) is 3.30. The molecule has 2 aromatic rings. The van der Waals surface area contributed by atoms with E-state index in [1.54, 1.807) is 35.4 Å². The fraction of sp³-hybridized carbons (Fsp3) is 0.267. The van der Waals surface area contributed by atoms with Crippen molar-refractivity contribution in [2.45, 2.75) is 0 Å². The lowest BCUT2D eigenvalue weighted by molar-refractivity contribution is 0.0303. The lowest BCUT2D eigenvalue weighted by Crippen LogP contribution is -2.40. The predicted octanol–water partition coefficient (Wildman–Crippen LogP) is 3.07. The number of hydrogen-bond donors (Lipinski definition) is 0. The predicted molar refractivity (Wildman–Crippen MR) is 75.9 cm³/mol. The van der Waals surface area contributed by atoms with Gasteiger partial charge in [0.2, 0.25) is 0 Å². The van der Waals surface area contributed by atoms with Crippen LogP contribution in [0.4, 0.5) is 0 Å². The van der Waals surface area contributed by atoms with Crippen molar-refractivity contribution in [3.63, 3.8) is 0 Å². The van der Waals surface area contributed by atoms with Crippen molar-refractivity contribution in [1.82, 2.24) is 4.90 Å². The van der Waals surface area contributed by atoms with Crippen LogP contribution in [0.25, 0.3) is 11.3 Å². The molecule has 4 nitrogen and oxygen atoms in total. The number of benzene rings is 1. The average Bonchev–Trinajstić information content (AvgIpc) is 3.02. The first-order chi connectivity index (χ1) is 9.75. The first-order valence-corrected chi connectivity index (χ1v) is 6.84. The van der Waals surface area contributed by atoms with Crippen LogP contribution in [-0.4, -0.2) is 37.1 Å². The first-order valence-electron chi connectivity index (χ1n) is 6.46. The molecule has 0 radical (unpaired) electrons. The van der Waals surface area contributed by atoms with Gasteiger partial charge >= 0.3 is 0 Å². The summed E-state index contributed by atoms with van der Waals surface area (Å²) >= 11 is 6.17. The fourth-order valence-corrected chi connectivity index (χ4v) is 2.44. The number of nitrogens with zero attached hydrogens (tertiary/aromatic N) is 1. The molecule has 0 atom stereocenters. The smallest absolute Gasteiger partial charge is 0.254 e. The van der Waals surface area contributed by atoms with Crippen molar-refractivity contribution in [2.24, 2.45) is 0 Å². The third-order valence-corrected chi connectivity index (χ3v) is 3.63. The molecule has 104 valence electrons. The van der Waals surface area contributed by atoms with Crippen LogP contribution in [0, 0.1) is 0 Å². The Balaban J connectivity index is 1.90. The van der Waals surface area contributed by atoms with E-state index in [2.05, 4.69) is 0 Å². The Hall–Kier alpha value is -1.78. The highest BCUT2D eigenvalue weighted by atomic mass is 35.5. The van der Waals surface area contributed by atoms with E-state index in [4.69, 9.17) is 20.8 Å². The van der Waals surface area contributed by atoms with E-state index in [-0.39, 0.29) is 5.91 Å². The summed E-state index contributed by atoms with van der Waals surface area (Å²) in [5.41, 5.74) is 1.35. The molecule has 1 saturated heterocycles. The molecule has 1 aromatic carbocycles. The average molecular weight is 292 g/mol. The summed E-state index contributed by atoms with van der Waals surface area (Å²) in [6, 6.07) is 8.87. The van der Waals surface area contributed by atoms with Gasteiger partial charge in [0.25, 0.3) is 5.91 Å². The second-order valence-corrected chi connectivity index (χ2v) is 4.98. The van der Waals surface area contributed by atoms with Crippen molar-refractivity contribution in [2.75, 3.05) is 26.3 Å². The fourth-order valence-electron chi connectivity index (χ4n) is 2.23. The second kappa shape index (κ2) is 5.69. The van der Waals surface area contributed by atoms with Crippen molar-refractivity contribution < 1.29 is 13.9 Å². The topological polar surface area (TPSA) is 42.7 Å². The number of morpholine rings is 1. The standard InChI is InChI=1S/C15H14ClNO3/c16-13-4-3-11(10-12(13)14-2-1-7-20-14)15(18)17-5-8-19-9-6-17/h1-4,7,10H,5-6,8-9H2. The maximum atomic E-state index is 12.4. The summed E-state index contributed by atoms with van der Waals surface area (Å²) in [5, 5.41) is 0.568. The van der Waals surface area contributed by atoms with Crippen molar-refractivity contribution in [1.29, 1.82) is 0 Å². The normalized spacial score (nSPS) is 15.3. The Morgan fingerprint density at radius 2 is 2.00 bits per heavy atom. The van der Waals surface area contributed by atoms with Gasteiger partial charge in [0, 0.05) is 24.2 Å². The van der Waals surface area contributed by atoms with E-state index in [1.807, 2.05) is 6.07 Å². The molecule has 0 saturated carbocycles. The van der Waals surface area contributed by atoms with Crippen LogP contribution in [0.1, 0.15) is 10.4 Å². The maximum absolute atomic E-state index is 12.4. The minimum Gasteiger partial charge on any atom is -0.464 e. The Kier molecular flexibility index (Phi) is 3.76. The highest BCUT2D eigenvalue weighted by molar-refractivity contribution is 6.33. The van der Waals surface area contributed by atoms with Gasteiger partial charge in [0.1, 0.15) is 5.76 Å². The summed E-state index contributed by atoms with van der Waals surface area (Å²) in [4.78, 5) is 14.2. The number of carbonyl (C=O) groups is 1. The van der Waals surface area contributed by atoms with Gasteiger partial charge < -0.3 is 14.1 Å². The number of ether oxygens (including phenoxy) is 1. The lowest BCUT2D eigenvalue weighted by atomic mass is 10.1. The summed E-state index contributed by atoms with van der Waals surface area (Å²) in [6.07, 6.45) is 1.59. The largest absolute Gasteiger partial charge is 0.464 e. The van der Waals surface area contributed by atoms with Gasteiger partial charge in [-0.3, -0.25) is 4.79 Å². The second-order valence-electron chi connectivity index (χ2n) is 4.58. The number of rotatable bonds is 2. The van der Waals surface area contributed by atoms with E-state index in [9.17, 15) is 4.79 Å². The van der Waals surface area contributed by atoms with Gasteiger partial charge in [0.05, 0.1) is 24.5 Å². The zero-order valence-corrected chi connectivity index (χ0v) is 11.6. The minimum atomic E-state index is -0.00206. The van der Waals surface area contributed by atoms with Gasteiger partial charge in [-0.2, -0.15) is 0 Å². The molecule has 0 spiro atoms. The molecule has 0 unspecified atom stereocenters. The molecule has 0 aliphatic carbocycles. The summed E-state index contributed by atoms with van der Waals surface area (Å²) in [7, 11) is 0. The molecule has 5 heteroatoms. The number of furan rings is 1. The van der Waals surface area contributed by atoms with Gasteiger partial charge in [-0.05, 0) is 30.3 Å². The zero-order valence-electron chi connectivity index (χ0n) is 10.8. The molecule has 1 amide bonds. The van der Waals surface area contributed by atoms with E-state index in [1.165, 1.54) is 0 Å². The maximum Gasteiger partial charge on any atom is 0.254 e. The Bertz CT molecular complexity index is 604. The molecule has 3 rings (SSSR count). The van der Waals surface area contributed by atoms with Gasteiger partial charge in [-0.25, -0.2) is 0 Å². The van der Waals surface area contributed by atoms with Crippen LogP contribution in [0.3, 0.4) is 0 Å². The monoisotopic (exact) mass is 291 g/mol. The Labute approximate surface area is 121 Å². The van der Waals surface area contributed by atoms with Crippen LogP contribution in [-0.2, 0) is 4.74 Å². The Morgan fingerprint density at radius 3 is 2.70 bits per heavy atom. The third kappa shape index (κ3) is 2.57. The van der Waals surface area contributed by atoms with Crippen molar-refractivity contribution in [3.05, 3.63) is 47.2 Å². The molecule has 1 fully saturated rings. The van der Waals surface area contributed by atoms with Gasteiger partial charge in [-0.1, -0.05) is 11.6 Å². The van der Waals surface area contributed by atoms with Crippen LogP contribution >= 0.6 is 11.6 Å². The molecule has 0 bridgehead atoms. The Morgan fingerprint density at radius 1 is 1.20 bits per heavy atom. The quantitative estimate of drug-likeness (QED) is 0.854. The number of amides is 1. The van der Waals surface area contributed by atoms with Crippen LogP contribution in [0.15, 0.2) is 41.0 Å². The number of halogens is 1. The molecule has 1 aromatic heterocycles. The van der Waals surface area contributed by atoms with Crippen LogP contribution in [0.5, 0.6) is 0 Å². The minimum absolute atomic E-state index is 0.00206. The van der Waals surface area contributed by atoms with Crippen LogP contribution in [0.2, 0.25) is 5.02 Å². The highest BCUT2D eigenvalue weighted by Gasteiger charge is 2.19. The van der Waals surface area contributed by atoms with Crippen molar-refractivity contribution >= 4 is 17.5 Å². The van der Waals surface area contributed by atoms with E-state index in [0.717, 1.165) is 5.56 Å². The summed E-state index contributed by atoms with van der Waals surface area (Å²) < 4.78 is 10.6. The summed E-state index contributed by atoms with van der Waals surface area (Å²) in [6.45, 7) is 2.42. The molecular weight excluding hydrogens is 278 g/mol. The SMILES string of the molecule is O=C(c1ccc(Cl)c(-c2ccco2)c1)N1CCOCC1. The van der Waals surface area contributed by atoms with E-state index in [0.29, 0.717) is 42.6 Å². The van der Waals surface area contributed by atoms with Crippen molar-refractivity contribution in [3.8, 4) is 11.3 Å². The number of carbonyl (C=O) groups excluding carboxylic acids is 1. The lowest BCUT2D eigenvalue weighted by Gasteiger charge is -2.27. The van der Waals surface area contributed by atoms with Crippen LogP contribution < -0.4 is 0 Å². The first kappa shape index (κ1) is 13.2. The van der Waals surface area contributed by atoms with E-state index < -0.39 is 0 Å². The molecule has 2 heterocycles. The molecule has 1 aliphatic rings. The molecule has 0 N–H and O–H groups in total. The van der Waals surface area contributed by atoms with E-state index >= 15 is 0 Å². The molecule has 20 heavy (non-hydrogen) atoms. The highest BCUT2D eigenvalue weighted by Crippen LogP contribution is 2.29. The summed E-state index contributed by atoms with van der Waals surface area (Å²) in [5.74, 6) is 0.657. The molecule has 1 aliphatic heterocycles. The molecular formula is C15H14ClNO3. The zero-order chi connectivity index (χ0) is 13.9. The number of hydrogen-bond acceptors (Lipinski definition) is 3. The van der Waals surface area contributed by atoms with Gasteiger partial charge in [0.15, 0.2) is 0 Å².